The van der Waals surface area contributed by atoms with Crippen LogP contribution in [0.4, 0.5) is 4.39 Å². The lowest BCUT2D eigenvalue weighted by molar-refractivity contribution is 0.586. The summed E-state index contributed by atoms with van der Waals surface area (Å²) in [5, 5.41) is 7.70. The van der Waals surface area contributed by atoms with Gasteiger partial charge in [0.15, 0.2) is 0 Å². The molecule has 1 N–H and O–H groups in total. The van der Waals surface area contributed by atoms with Gasteiger partial charge in [-0.2, -0.15) is 11.3 Å². The highest BCUT2D eigenvalue weighted by atomic mass is 32.1. The lowest BCUT2D eigenvalue weighted by Gasteiger charge is -2.18. The third-order valence-electron chi connectivity index (χ3n) is 3.35. The first kappa shape index (κ1) is 13.2. The molecule has 3 heteroatoms. The summed E-state index contributed by atoms with van der Waals surface area (Å²) in [6.45, 7) is 4.10. The number of aryl methyl sites for hydroxylation is 2. The van der Waals surface area contributed by atoms with Crippen LogP contribution < -0.4 is 5.32 Å². The molecule has 0 aliphatic rings. The third kappa shape index (κ3) is 2.79. The minimum absolute atomic E-state index is 0.163. The van der Waals surface area contributed by atoms with Gasteiger partial charge in [-0.25, -0.2) is 4.39 Å². The van der Waals surface area contributed by atoms with E-state index in [0.29, 0.717) is 6.04 Å². The molecule has 0 amide bonds. The van der Waals surface area contributed by atoms with E-state index in [2.05, 4.69) is 23.0 Å². The van der Waals surface area contributed by atoms with Crippen molar-refractivity contribution < 1.29 is 4.39 Å². The second kappa shape index (κ2) is 5.63. The molecule has 0 saturated carbocycles. The molecule has 0 aliphatic carbocycles. The van der Waals surface area contributed by atoms with Crippen molar-refractivity contribution in [3.8, 4) is 0 Å². The molecule has 0 radical (unpaired) electrons. The fraction of sp³-hybridized carbons (Fsp3) is 0.333. The summed E-state index contributed by atoms with van der Waals surface area (Å²) in [5.41, 5.74) is 4.87. The van der Waals surface area contributed by atoms with Crippen LogP contribution in [-0.4, -0.2) is 7.05 Å². The van der Waals surface area contributed by atoms with Crippen molar-refractivity contribution in [2.24, 2.45) is 0 Å². The molecule has 1 heterocycles. The van der Waals surface area contributed by atoms with E-state index in [-0.39, 0.29) is 5.82 Å². The van der Waals surface area contributed by atoms with Gasteiger partial charge in [0.2, 0.25) is 0 Å². The number of hydrogen-bond donors (Lipinski definition) is 1. The summed E-state index contributed by atoms with van der Waals surface area (Å²) < 4.78 is 13.1. The van der Waals surface area contributed by atoms with E-state index in [0.717, 1.165) is 12.0 Å². The number of rotatable bonds is 4. The molecule has 1 atom stereocenters. The highest BCUT2D eigenvalue weighted by molar-refractivity contribution is 7.08. The monoisotopic (exact) mass is 263 g/mol. The summed E-state index contributed by atoms with van der Waals surface area (Å²) >= 11 is 1.73. The quantitative estimate of drug-likeness (QED) is 0.879. The van der Waals surface area contributed by atoms with Gasteiger partial charge >= 0.3 is 0 Å². The average molecular weight is 263 g/mol. The molecule has 2 aromatic rings. The first-order valence-corrected chi connectivity index (χ1v) is 7.01. The highest BCUT2D eigenvalue weighted by Crippen LogP contribution is 2.25. The standard InChI is InChI=1S/C15H18FNS/c1-10-6-13(16)5-4-12(10)7-15(17-3)14-9-18-8-11(14)2/h4-6,8-9,15,17H,7H2,1-3H3. The first-order valence-electron chi connectivity index (χ1n) is 6.06. The lowest BCUT2D eigenvalue weighted by Crippen LogP contribution is -2.19. The molecule has 0 bridgehead atoms. The molecule has 0 aliphatic heterocycles. The Kier molecular flexibility index (Phi) is 4.15. The van der Waals surface area contributed by atoms with Crippen molar-refractivity contribution in [2.45, 2.75) is 26.3 Å². The van der Waals surface area contributed by atoms with Crippen LogP contribution in [0.1, 0.15) is 28.3 Å². The van der Waals surface area contributed by atoms with Gasteiger partial charge in [-0.05, 0) is 72.5 Å². The van der Waals surface area contributed by atoms with Gasteiger partial charge in [0.1, 0.15) is 5.82 Å². The predicted molar refractivity (Wildman–Crippen MR) is 75.7 cm³/mol. The number of benzene rings is 1. The normalized spacial score (nSPS) is 12.7. The molecule has 0 spiro atoms. The van der Waals surface area contributed by atoms with E-state index in [4.69, 9.17) is 0 Å². The van der Waals surface area contributed by atoms with Gasteiger partial charge in [-0.1, -0.05) is 6.07 Å². The number of thiophene rings is 1. The molecule has 1 unspecified atom stereocenters. The molecule has 1 aromatic carbocycles. The zero-order chi connectivity index (χ0) is 13.1. The largest absolute Gasteiger partial charge is 0.313 e. The second-order valence-corrected chi connectivity index (χ2v) is 5.37. The fourth-order valence-corrected chi connectivity index (χ4v) is 3.11. The van der Waals surface area contributed by atoms with E-state index in [1.54, 1.807) is 17.4 Å². The van der Waals surface area contributed by atoms with Crippen molar-refractivity contribution >= 4 is 11.3 Å². The Morgan fingerprint density at radius 2 is 2.00 bits per heavy atom. The van der Waals surface area contributed by atoms with Crippen LogP contribution in [0.15, 0.2) is 29.0 Å². The van der Waals surface area contributed by atoms with Gasteiger partial charge < -0.3 is 5.32 Å². The van der Waals surface area contributed by atoms with E-state index < -0.39 is 0 Å². The van der Waals surface area contributed by atoms with Gasteiger partial charge in [-0.3, -0.25) is 0 Å². The zero-order valence-corrected chi connectivity index (χ0v) is 11.8. The van der Waals surface area contributed by atoms with Gasteiger partial charge in [0.25, 0.3) is 0 Å². The smallest absolute Gasteiger partial charge is 0.123 e. The van der Waals surface area contributed by atoms with Crippen molar-refractivity contribution in [2.75, 3.05) is 7.05 Å². The molecule has 2 rings (SSSR count). The van der Waals surface area contributed by atoms with Crippen LogP contribution in [0.3, 0.4) is 0 Å². The summed E-state index contributed by atoms with van der Waals surface area (Å²) in [6, 6.07) is 5.31. The minimum Gasteiger partial charge on any atom is -0.313 e. The topological polar surface area (TPSA) is 12.0 Å². The molecule has 0 fully saturated rings. The fourth-order valence-electron chi connectivity index (χ4n) is 2.20. The Hall–Kier alpha value is -1.19. The lowest BCUT2D eigenvalue weighted by atomic mass is 9.96. The van der Waals surface area contributed by atoms with Crippen molar-refractivity contribution in [1.29, 1.82) is 0 Å². The maximum absolute atomic E-state index is 13.1. The molecule has 0 saturated heterocycles. The van der Waals surface area contributed by atoms with E-state index in [9.17, 15) is 4.39 Å². The maximum Gasteiger partial charge on any atom is 0.123 e. The first-order chi connectivity index (χ1) is 8.61. The van der Waals surface area contributed by atoms with Crippen LogP contribution in [0, 0.1) is 19.7 Å². The van der Waals surface area contributed by atoms with Crippen molar-refractivity contribution in [3.63, 3.8) is 0 Å². The zero-order valence-electron chi connectivity index (χ0n) is 11.0. The third-order valence-corrected chi connectivity index (χ3v) is 4.23. The van der Waals surface area contributed by atoms with Crippen molar-refractivity contribution in [3.05, 3.63) is 57.0 Å². The van der Waals surface area contributed by atoms with Gasteiger partial charge in [0, 0.05) is 6.04 Å². The molecule has 1 nitrogen and oxygen atoms in total. The predicted octanol–water partition coefficient (Wildman–Crippen LogP) is 4.01. The summed E-state index contributed by atoms with van der Waals surface area (Å²) in [6.07, 6.45) is 0.889. The minimum atomic E-state index is -0.163. The maximum atomic E-state index is 13.1. The number of hydrogen-bond acceptors (Lipinski definition) is 2. The molecule has 96 valence electrons. The van der Waals surface area contributed by atoms with Crippen molar-refractivity contribution in [1.82, 2.24) is 5.32 Å². The van der Waals surface area contributed by atoms with Crippen LogP contribution in [0.2, 0.25) is 0 Å². The Morgan fingerprint density at radius 3 is 2.56 bits per heavy atom. The van der Waals surface area contributed by atoms with E-state index in [1.165, 1.54) is 22.8 Å². The number of likely N-dealkylation sites (N-methyl/N-ethyl adjacent to an activating group) is 1. The van der Waals surface area contributed by atoms with Gasteiger partial charge in [-0.15, -0.1) is 0 Å². The van der Waals surface area contributed by atoms with E-state index in [1.807, 2.05) is 20.0 Å². The van der Waals surface area contributed by atoms with Crippen LogP contribution >= 0.6 is 11.3 Å². The number of halogens is 1. The Balaban J connectivity index is 2.23. The molecule has 1 aromatic heterocycles. The summed E-state index contributed by atoms with van der Waals surface area (Å²) in [5.74, 6) is -0.163. The molecular weight excluding hydrogens is 245 g/mol. The Labute approximate surface area is 112 Å². The Bertz CT molecular complexity index is 533. The summed E-state index contributed by atoms with van der Waals surface area (Å²) in [7, 11) is 1.97. The van der Waals surface area contributed by atoms with Crippen LogP contribution in [0.25, 0.3) is 0 Å². The van der Waals surface area contributed by atoms with Crippen LogP contribution in [0.5, 0.6) is 0 Å². The van der Waals surface area contributed by atoms with E-state index >= 15 is 0 Å². The number of nitrogens with one attached hydrogen (secondary N) is 1. The van der Waals surface area contributed by atoms with Gasteiger partial charge in [0.05, 0.1) is 0 Å². The molecule has 18 heavy (non-hydrogen) atoms. The highest BCUT2D eigenvalue weighted by Gasteiger charge is 2.14. The summed E-state index contributed by atoms with van der Waals surface area (Å²) in [4.78, 5) is 0. The molecular formula is C15H18FNS. The SMILES string of the molecule is CNC(Cc1ccc(F)cc1C)c1cscc1C. The van der Waals surface area contributed by atoms with Crippen LogP contribution in [-0.2, 0) is 6.42 Å². The average Bonchev–Trinajstić information content (AvgIpc) is 2.75. The Morgan fingerprint density at radius 1 is 1.22 bits per heavy atom. The second-order valence-electron chi connectivity index (χ2n) is 4.63.